The number of halogens is 3. The zero-order valence-corrected chi connectivity index (χ0v) is 17.1. The first-order chi connectivity index (χ1) is 8.12. The summed E-state index contributed by atoms with van der Waals surface area (Å²) in [6.45, 7) is 13.7. The molecule has 0 aromatic heterocycles. The van der Waals surface area contributed by atoms with E-state index in [1.165, 1.54) is 17.2 Å². The molecule has 0 aliphatic carbocycles. The molecule has 0 bridgehead atoms. The maximum Gasteiger partial charge on any atom is 0.501 e. The number of nitrogens with one attached hydrogen (secondary N) is 1. The molecule has 0 saturated carbocycles. The largest absolute Gasteiger partial charge is 0.501 e. The van der Waals surface area contributed by atoms with Gasteiger partial charge in [0, 0.05) is 0 Å². The van der Waals surface area contributed by atoms with Gasteiger partial charge in [-0.2, -0.15) is 0 Å². The lowest BCUT2D eigenvalue weighted by molar-refractivity contribution is 0.563. The van der Waals surface area contributed by atoms with E-state index >= 15 is 0 Å². The highest BCUT2D eigenvalue weighted by molar-refractivity contribution is 7.11. The molecular weight excluding hydrogens is 318 g/mol. The first-order valence-electron chi connectivity index (χ1n) is 6.51. The van der Waals surface area contributed by atoms with E-state index in [-0.39, 0.29) is 0 Å². The fraction of sp³-hybridized carbons (Fsp3) is 1.00. The summed E-state index contributed by atoms with van der Waals surface area (Å²) in [5.74, 6) is 0. The second-order valence-corrected chi connectivity index (χ2v) is 23.2. The fourth-order valence-electron chi connectivity index (χ4n) is 3.73. The van der Waals surface area contributed by atoms with Gasteiger partial charge in [0.25, 0.3) is 0 Å². The van der Waals surface area contributed by atoms with Crippen LogP contribution in [0.4, 0.5) is 12.5 Å². The zero-order valence-electron chi connectivity index (χ0n) is 13.1. The molecule has 19 heavy (non-hydrogen) atoms. The third-order valence-corrected chi connectivity index (χ3v) is 23.6. The summed E-state index contributed by atoms with van der Waals surface area (Å²) in [5.41, 5.74) is 0. The lowest BCUT2D eigenvalue weighted by Gasteiger charge is -2.61. The molecule has 0 radical (unpaired) electrons. The SMILES string of the molecule is C[Si](C)(F)N1B(F)N[Si](C)(C)N([Si](C)(C)F)[Si]1(C)C. The third kappa shape index (κ3) is 3.27. The van der Waals surface area contributed by atoms with Crippen molar-refractivity contribution in [2.75, 3.05) is 0 Å². The van der Waals surface area contributed by atoms with Gasteiger partial charge in [-0.1, -0.05) is 0 Å². The van der Waals surface area contributed by atoms with E-state index in [9.17, 15) is 12.5 Å². The van der Waals surface area contributed by atoms with Gasteiger partial charge in [0.2, 0.25) is 0 Å². The van der Waals surface area contributed by atoms with Crippen LogP contribution in [0.25, 0.3) is 0 Å². The third-order valence-electron chi connectivity index (χ3n) is 3.50. The van der Waals surface area contributed by atoms with Crippen molar-refractivity contribution in [3.05, 3.63) is 0 Å². The first-order valence-corrected chi connectivity index (χ1v) is 18.0. The Morgan fingerprint density at radius 1 is 0.947 bits per heavy atom. The molecule has 11 heteroatoms. The maximum atomic E-state index is 14.8. The number of nitrogens with zero attached hydrogens (tertiary/aromatic N) is 2. The van der Waals surface area contributed by atoms with E-state index in [1.807, 2.05) is 30.1 Å². The highest BCUT2D eigenvalue weighted by Crippen LogP contribution is 2.36. The van der Waals surface area contributed by atoms with Crippen molar-refractivity contribution < 1.29 is 12.5 Å². The molecule has 112 valence electrons. The predicted octanol–water partition coefficient (Wildman–Crippen LogP) is 2.89. The smallest absolute Gasteiger partial charge is 0.324 e. The van der Waals surface area contributed by atoms with E-state index < -0.39 is 41.2 Å². The number of hydrogen-bond donors (Lipinski definition) is 1. The molecule has 1 aliphatic heterocycles. The van der Waals surface area contributed by atoms with Crippen molar-refractivity contribution in [2.45, 2.75) is 52.4 Å². The standard InChI is InChI=1S/C8H25BF3N3Si4/c1-16(2,11)14-9(10)13-18(5,6)15(17(3,4)12)19(14,7)8/h13H,1-8H3. The second-order valence-electron chi connectivity index (χ2n) is 7.06. The van der Waals surface area contributed by atoms with Crippen LogP contribution in [0.1, 0.15) is 0 Å². The Balaban J connectivity index is 3.37. The molecule has 0 spiro atoms. The lowest BCUT2D eigenvalue weighted by Crippen LogP contribution is -2.90. The second kappa shape index (κ2) is 4.81. The van der Waals surface area contributed by atoms with Gasteiger partial charge in [-0.15, -0.1) is 0 Å². The Morgan fingerprint density at radius 2 is 1.37 bits per heavy atom. The van der Waals surface area contributed by atoms with E-state index in [2.05, 4.69) is 4.89 Å². The number of hydrogen-bond acceptors (Lipinski definition) is 3. The summed E-state index contributed by atoms with van der Waals surface area (Å²) in [6.07, 6.45) is 0. The molecule has 3 nitrogen and oxygen atoms in total. The summed E-state index contributed by atoms with van der Waals surface area (Å²) >= 11 is 0. The van der Waals surface area contributed by atoms with E-state index in [1.54, 1.807) is 13.1 Å². The molecule has 1 aliphatic rings. The van der Waals surface area contributed by atoms with Crippen LogP contribution in [0.3, 0.4) is 0 Å². The van der Waals surface area contributed by atoms with Crippen molar-refractivity contribution in [3.8, 4) is 0 Å². The fourth-order valence-corrected chi connectivity index (χ4v) is 29.4. The zero-order chi connectivity index (χ0) is 15.4. The molecule has 1 rings (SSSR count). The minimum atomic E-state index is -3.34. The Morgan fingerprint density at radius 3 is 1.68 bits per heavy atom. The molecule has 1 heterocycles. The Bertz CT molecular complexity index is 358. The van der Waals surface area contributed by atoms with Gasteiger partial charge in [-0.3, -0.25) is 12.5 Å². The summed E-state index contributed by atoms with van der Waals surface area (Å²) in [7, 11) is -13.0. The molecular formula is C8H25BF3N3Si4. The monoisotopic (exact) mass is 343 g/mol. The summed E-state index contributed by atoms with van der Waals surface area (Å²) in [6, 6.07) is 0. The normalized spacial score (nSPS) is 25.7. The molecule has 0 atom stereocenters. The topological polar surface area (TPSA) is 18.5 Å². The highest BCUT2D eigenvalue weighted by atomic mass is 28.5. The van der Waals surface area contributed by atoms with E-state index in [0.29, 0.717) is 0 Å². The molecule has 1 fully saturated rings. The first kappa shape index (κ1) is 17.7. The van der Waals surface area contributed by atoms with Crippen LogP contribution in [0, 0.1) is 0 Å². The van der Waals surface area contributed by atoms with Crippen LogP contribution >= 0.6 is 0 Å². The van der Waals surface area contributed by atoms with Crippen LogP contribution in [-0.4, -0.2) is 49.2 Å². The van der Waals surface area contributed by atoms with Crippen LogP contribution in [0.5, 0.6) is 0 Å². The van der Waals surface area contributed by atoms with Crippen LogP contribution < -0.4 is 4.89 Å². The summed E-state index contributed by atoms with van der Waals surface area (Å²) in [4.78, 5) is 2.87. The van der Waals surface area contributed by atoms with Crippen molar-refractivity contribution >= 4 is 41.2 Å². The van der Waals surface area contributed by atoms with Gasteiger partial charge >= 0.3 is 24.4 Å². The lowest BCUT2D eigenvalue weighted by atomic mass is 10.2. The van der Waals surface area contributed by atoms with Crippen LogP contribution in [0.15, 0.2) is 0 Å². The van der Waals surface area contributed by atoms with Crippen LogP contribution in [-0.2, 0) is 0 Å². The van der Waals surface area contributed by atoms with E-state index in [0.717, 1.165) is 0 Å². The van der Waals surface area contributed by atoms with Gasteiger partial charge in [0.1, 0.15) is 0 Å². The predicted molar refractivity (Wildman–Crippen MR) is 85.8 cm³/mol. The Labute approximate surface area is 119 Å². The molecule has 0 amide bonds. The molecule has 1 saturated heterocycles. The minimum absolute atomic E-state index is 1.35. The molecule has 0 unspecified atom stereocenters. The van der Waals surface area contributed by atoms with Crippen LogP contribution in [0.2, 0.25) is 52.4 Å². The Kier molecular flexibility index (Phi) is 4.47. The Hall–Kier alpha value is 0.602. The van der Waals surface area contributed by atoms with Crippen molar-refractivity contribution in [3.63, 3.8) is 0 Å². The average molecular weight is 343 g/mol. The highest BCUT2D eigenvalue weighted by Gasteiger charge is 2.64. The van der Waals surface area contributed by atoms with Gasteiger partial charge in [-0.25, -0.2) is 0 Å². The molecule has 1 N–H and O–H groups in total. The van der Waals surface area contributed by atoms with E-state index in [4.69, 9.17) is 0 Å². The maximum absolute atomic E-state index is 14.8. The van der Waals surface area contributed by atoms with Gasteiger partial charge < -0.3 is 12.9 Å². The number of rotatable bonds is 2. The van der Waals surface area contributed by atoms with Crippen molar-refractivity contribution in [1.82, 2.24) is 12.9 Å². The van der Waals surface area contributed by atoms with Gasteiger partial charge in [-0.05, 0) is 52.4 Å². The molecule has 0 aromatic rings. The van der Waals surface area contributed by atoms with Gasteiger partial charge in [0.05, 0.1) is 0 Å². The average Bonchev–Trinajstić information content (AvgIpc) is 1.88. The minimum Gasteiger partial charge on any atom is -0.324 e. The summed E-state index contributed by atoms with van der Waals surface area (Å²) < 4.78 is 47.0. The quantitative estimate of drug-likeness (QED) is 0.614. The summed E-state index contributed by atoms with van der Waals surface area (Å²) in [5, 5.41) is 0. The van der Waals surface area contributed by atoms with Crippen molar-refractivity contribution in [1.29, 1.82) is 0 Å². The van der Waals surface area contributed by atoms with Gasteiger partial charge in [0.15, 0.2) is 16.8 Å². The molecule has 0 aromatic carbocycles. The van der Waals surface area contributed by atoms with Crippen molar-refractivity contribution in [2.24, 2.45) is 0 Å².